The molecule has 0 bridgehead atoms. The Labute approximate surface area is 174 Å². The minimum Gasteiger partial charge on any atom is -0.343 e. The third-order valence-corrected chi connectivity index (χ3v) is 5.50. The van der Waals surface area contributed by atoms with E-state index in [1.54, 1.807) is 4.90 Å². The molecule has 1 saturated heterocycles. The highest BCUT2D eigenvalue weighted by atomic mass is 19.4. The molecule has 160 valence electrons. The van der Waals surface area contributed by atoms with E-state index in [9.17, 15) is 22.8 Å². The number of amides is 2. The van der Waals surface area contributed by atoms with Gasteiger partial charge in [-0.3, -0.25) is 9.59 Å². The first-order valence-electron chi connectivity index (χ1n) is 10.0. The number of anilines is 1. The zero-order valence-corrected chi connectivity index (χ0v) is 16.8. The van der Waals surface area contributed by atoms with Crippen LogP contribution in [0, 0.1) is 12.8 Å². The van der Waals surface area contributed by atoms with Crippen LogP contribution in [0.15, 0.2) is 48.5 Å². The molecule has 2 aromatic carbocycles. The molecule has 1 heterocycles. The van der Waals surface area contributed by atoms with Gasteiger partial charge in [0.05, 0.1) is 5.56 Å². The summed E-state index contributed by atoms with van der Waals surface area (Å²) in [6.07, 6.45) is -2.36. The van der Waals surface area contributed by atoms with E-state index in [2.05, 4.69) is 5.32 Å². The summed E-state index contributed by atoms with van der Waals surface area (Å²) < 4.78 is 39.2. The minimum absolute atomic E-state index is 0.0612. The van der Waals surface area contributed by atoms with E-state index in [-0.39, 0.29) is 29.0 Å². The third-order valence-electron chi connectivity index (χ3n) is 5.50. The average molecular weight is 418 g/mol. The largest absolute Gasteiger partial charge is 0.416 e. The molecule has 0 saturated carbocycles. The first-order valence-corrected chi connectivity index (χ1v) is 10.0. The zero-order chi connectivity index (χ0) is 21.7. The predicted molar refractivity (Wildman–Crippen MR) is 109 cm³/mol. The van der Waals surface area contributed by atoms with Crippen LogP contribution in [0.2, 0.25) is 0 Å². The Morgan fingerprint density at radius 2 is 1.73 bits per heavy atom. The second-order valence-electron chi connectivity index (χ2n) is 7.66. The maximum absolute atomic E-state index is 13.1. The van der Waals surface area contributed by atoms with Gasteiger partial charge >= 0.3 is 6.18 Å². The number of hydrogen-bond donors (Lipinski definition) is 1. The van der Waals surface area contributed by atoms with Crippen molar-refractivity contribution in [2.45, 2.75) is 38.8 Å². The van der Waals surface area contributed by atoms with Crippen LogP contribution in [0.4, 0.5) is 18.9 Å². The minimum atomic E-state index is -4.46. The van der Waals surface area contributed by atoms with Crippen molar-refractivity contribution in [3.8, 4) is 0 Å². The SMILES string of the molecule is Cc1ccc(NC(=O)C2CCN(C(=O)CCc3ccccc3)CC2)cc1C(F)(F)F. The number of aryl methyl sites for hydroxylation is 2. The highest BCUT2D eigenvalue weighted by molar-refractivity contribution is 5.93. The lowest BCUT2D eigenvalue weighted by atomic mass is 9.95. The maximum Gasteiger partial charge on any atom is 0.416 e. The smallest absolute Gasteiger partial charge is 0.343 e. The molecule has 3 rings (SSSR count). The van der Waals surface area contributed by atoms with Gasteiger partial charge in [0.2, 0.25) is 11.8 Å². The molecule has 1 aliphatic heterocycles. The Balaban J connectivity index is 1.50. The van der Waals surface area contributed by atoms with Crippen molar-refractivity contribution in [3.05, 3.63) is 65.2 Å². The standard InChI is InChI=1S/C23H25F3N2O2/c1-16-7-9-19(15-20(16)23(24,25)26)27-22(30)18-11-13-28(14-12-18)21(29)10-8-17-5-3-2-4-6-17/h2-7,9,15,18H,8,10-14H2,1H3,(H,27,30). The van der Waals surface area contributed by atoms with E-state index >= 15 is 0 Å². The van der Waals surface area contributed by atoms with E-state index in [1.165, 1.54) is 19.1 Å². The number of benzene rings is 2. The molecule has 0 atom stereocenters. The van der Waals surface area contributed by atoms with Crippen LogP contribution in [0.5, 0.6) is 0 Å². The van der Waals surface area contributed by atoms with Crippen molar-refractivity contribution in [2.75, 3.05) is 18.4 Å². The summed E-state index contributed by atoms with van der Waals surface area (Å²) in [6.45, 7) is 2.35. The molecule has 7 heteroatoms. The highest BCUT2D eigenvalue weighted by Gasteiger charge is 2.33. The number of nitrogens with one attached hydrogen (secondary N) is 1. The molecule has 0 aromatic heterocycles. The Morgan fingerprint density at radius 1 is 1.07 bits per heavy atom. The number of carbonyl (C=O) groups is 2. The fourth-order valence-corrected chi connectivity index (χ4v) is 3.69. The van der Waals surface area contributed by atoms with Gasteiger partial charge in [0.15, 0.2) is 0 Å². The molecule has 1 aliphatic rings. The number of likely N-dealkylation sites (tertiary alicyclic amines) is 1. The molecule has 2 amide bonds. The van der Waals surface area contributed by atoms with Crippen LogP contribution in [0.3, 0.4) is 0 Å². The average Bonchev–Trinajstić information content (AvgIpc) is 2.73. The molecule has 1 N–H and O–H groups in total. The van der Waals surface area contributed by atoms with Crippen molar-refractivity contribution in [1.82, 2.24) is 4.90 Å². The van der Waals surface area contributed by atoms with Crippen molar-refractivity contribution in [1.29, 1.82) is 0 Å². The van der Waals surface area contributed by atoms with Gasteiger partial charge in [-0.1, -0.05) is 36.4 Å². The van der Waals surface area contributed by atoms with Gasteiger partial charge in [-0.2, -0.15) is 13.2 Å². The lowest BCUT2D eigenvalue weighted by Crippen LogP contribution is -2.41. The molecule has 0 aliphatic carbocycles. The fourth-order valence-electron chi connectivity index (χ4n) is 3.69. The monoisotopic (exact) mass is 418 g/mol. The molecule has 4 nitrogen and oxygen atoms in total. The molecular weight excluding hydrogens is 393 g/mol. The summed E-state index contributed by atoms with van der Waals surface area (Å²) >= 11 is 0. The van der Waals surface area contributed by atoms with Crippen LogP contribution in [0.25, 0.3) is 0 Å². The van der Waals surface area contributed by atoms with Crippen molar-refractivity contribution in [3.63, 3.8) is 0 Å². The molecular formula is C23H25F3N2O2. The van der Waals surface area contributed by atoms with Crippen molar-refractivity contribution in [2.24, 2.45) is 5.92 Å². The summed E-state index contributed by atoms with van der Waals surface area (Å²) in [5.41, 5.74) is 0.609. The lowest BCUT2D eigenvalue weighted by Gasteiger charge is -2.31. The number of hydrogen-bond acceptors (Lipinski definition) is 2. The number of halogens is 3. The number of nitrogens with zero attached hydrogens (tertiary/aromatic N) is 1. The van der Waals surface area contributed by atoms with E-state index in [4.69, 9.17) is 0 Å². The summed E-state index contributed by atoms with van der Waals surface area (Å²) in [4.78, 5) is 26.7. The van der Waals surface area contributed by atoms with Crippen LogP contribution >= 0.6 is 0 Å². The Hall–Kier alpha value is -2.83. The van der Waals surface area contributed by atoms with E-state index in [1.807, 2.05) is 30.3 Å². The van der Waals surface area contributed by atoms with Crippen LogP contribution in [0.1, 0.15) is 36.0 Å². The van der Waals surface area contributed by atoms with Crippen LogP contribution in [-0.2, 0) is 22.2 Å². The molecule has 0 spiro atoms. The van der Waals surface area contributed by atoms with Gasteiger partial charge in [0.1, 0.15) is 0 Å². The number of piperidine rings is 1. The maximum atomic E-state index is 13.1. The molecule has 1 fully saturated rings. The molecule has 2 aromatic rings. The number of alkyl halides is 3. The number of rotatable bonds is 5. The van der Waals surface area contributed by atoms with E-state index in [0.29, 0.717) is 38.8 Å². The zero-order valence-electron chi connectivity index (χ0n) is 16.8. The van der Waals surface area contributed by atoms with Gasteiger partial charge in [-0.25, -0.2) is 0 Å². The summed E-state index contributed by atoms with van der Waals surface area (Å²) in [5, 5.41) is 2.60. The third kappa shape index (κ3) is 5.62. The lowest BCUT2D eigenvalue weighted by molar-refractivity contribution is -0.138. The van der Waals surface area contributed by atoms with Crippen LogP contribution in [-0.4, -0.2) is 29.8 Å². The first kappa shape index (κ1) is 21.9. The topological polar surface area (TPSA) is 49.4 Å². The second kappa shape index (κ2) is 9.32. The molecule has 0 radical (unpaired) electrons. The van der Waals surface area contributed by atoms with Crippen molar-refractivity contribution >= 4 is 17.5 Å². The quantitative estimate of drug-likeness (QED) is 0.757. The van der Waals surface area contributed by atoms with Gasteiger partial charge in [-0.15, -0.1) is 0 Å². The summed E-state index contributed by atoms with van der Waals surface area (Å²) in [6, 6.07) is 13.6. The highest BCUT2D eigenvalue weighted by Crippen LogP contribution is 2.33. The van der Waals surface area contributed by atoms with E-state index < -0.39 is 11.7 Å². The van der Waals surface area contributed by atoms with Crippen LogP contribution < -0.4 is 5.32 Å². The van der Waals surface area contributed by atoms with Gasteiger partial charge < -0.3 is 10.2 Å². The van der Waals surface area contributed by atoms with E-state index in [0.717, 1.165) is 11.6 Å². The summed E-state index contributed by atoms with van der Waals surface area (Å²) in [7, 11) is 0. The van der Waals surface area contributed by atoms with Crippen molar-refractivity contribution < 1.29 is 22.8 Å². The molecule has 30 heavy (non-hydrogen) atoms. The second-order valence-corrected chi connectivity index (χ2v) is 7.66. The molecule has 0 unspecified atom stereocenters. The number of carbonyl (C=O) groups excluding carboxylic acids is 2. The predicted octanol–water partition coefficient (Wildman–Crippen LogP) is 4.82. The first-order chi connectivity index (χ1) is 14.2. The fraction of sp³-hybridized carbons (Fsp3) is 0.391. The van der Waals surface area contributed by atoms with Gasteiger partial charge in [-0.05, 0) is 49.4 Å². The normalized spacial score (nSPS) is 15.1. The summed E-state index contributed by atoms with van der Waals surface area (Å²) in [5.74, 6) is -0.562. The Morgan fingerprint density at radius 3 is 2.37 bits per heavy atom. The Bertz CT molecular complexity index is 889. The van der Waals surface area contributed by atoms with Gasteiger partial charge in [0.25, 0.3) is 0 Å². The van der Waals surface area contributed by atoms with Gasteiger partial charge in [0, 0.05) is 31.1 Å². The Kier molecular flexibility index (Phi) is 6.80.